The topological polar surface area (TPSA) is 67.0 Å². The van der Waals surface area contributed by atoms with Crippen molar-refractivity contribution in [3.63, 3.8) is 0 Å². The zero-order chi connectivity index (χ0) is 13.7. The first-order chi connectivity index (χ1) is 9.19. The standard InChI is InChI=1S/C14H17N3O2/c1-10-3-4-11(7-13(10)19-2)8-14(18)15-9-12-5-6-16-17-12/h3-7H,8-9H2,1-2H3,(H,15,18)(H,16,17). The Bertz CT molecular complexity index is 550. The van der Waals surface area contributed by atoms with Crippen LogP contribution in [0.4, 0.5) is 0 Å². The molecule has 2 aromatic rings. The van der Waals surface area contributed by atoms with Crippen LogP contribution in [0.3, 0.4) is 0 Å². The molecule has 0 saturated heterocycles. The lowest BCUT2D eigenvalue weighted by Crippen LogP contribution is -2.24. The summed E-state index contributed by atoms with van der Waals surface area (Å²) in [7, 11) is 1.63. The van der Waals surface area contributed by atoms with Gasteiger partial charge in [0.1, 0.15) is 5.75 Å². The highest BCUT2D eigenvalue weighted by atomic mass is 16.5. The number of hydrogen-bond donors (Lipinski definition) is 2. The Morgan fingerprint density at radius 1 is 1.42 bits per heavy atom. The molecule has 0 atom stereocenters. The second kappa shape index (κ2) is 6.04. The summed E-state index contributed by atoms with van der Waals surface area (Å²) in [5.41, 5.74) is 2.88. The lowest BCUT2D eigenvalue weighted by molar-refractivity contribution is -0.120. The Hall–Kier alpha value is -2.30. The molecule has 19 heavy (non-hydrogen) atoms. The van der Waals surface area contributed by atoms with Gasteiger partial charge in [-0.2, -0.15) is 5.10 Å². The number of benzene rings is 1. The smallest absolute Gasteiger partial charge is 0.224 e. The molecular weight excluding hydrogens is 242 g/mol. The molecule has 0 bridgehead atoms. The molecule has 1 aromatic heterocycles. The molecule has 1 aromatic carbocycles. The number of aromatic amines is 1. The number of H-pyrrole nitrogens is 1. The fourth-order valence-corrected chi connectivity index (χ4v) is 1.80. The SMILES string of the molecule is COc1cc(CC(=O)NCc2ccn[nH]2)ccc1C. The van der Waals surface area contributed by atoms with E-state index in [2.05, 4.69) is 15.5 Å². The highest BCUT2D eigenvalue weighted by Crippen LogP contribution is 2.19. The molecule has 1 heterocycles. The summed E-state index contributed by atoms with van der Waals surface area (Å²) in [6.45, 7) is 2.43. The summed E-state index contributed by atoms with van der Waals surface area (Å²) < 4.78 is 5.24. The van der Waals surface area contributed by atoms with E-state index in [1.165, 1.54) is 0 Å². The maximum absolute atomic E-state index is 11.8. The van der Waals surface area contributed by atoms with Gasteiger partial charge in [0.2, 0.25) is 5.91 Å². The molecule has 2 rings (SSSR count). The zero-order valence-corrected chi connectivity index (χ0v) is 11.1. The van der Waals surface area contributed by atoms with E-state index in [4.69, 9.17) is 4.74 Å². The summed E-state index contributed by atoms with van der Waals surface area (Å²) in [4.78, 5) is 11.8. The van der Waals surface area contributed by atoms with Crippen molar-refractivity contribution in [1.29, 1.82) is 0 Å². The van der Waals surface area contributed by atoms with Crippen LogP contribution in [0.15, 0.2) is 30.5 Å². The van der Waals surface area contributed by atoms with E-state index >= 15 is 0 Å². The summed E-state index contributed by atoms with van der Waals surface area (Å²) in [5.74, 6) is 0.777. The van der Waals surface area contributed by atoms with E-state index < -0.39 is 0 Å². The van der Waals surface area contributed by atoms with Crippen molar-refractivity contribution >= 4 is 5.91 Å². The number of aryl methyl sites for hydroxylation is 1. The maximum atomic E-state index is 11.8. The molecule has 0 unspecified atom stereocenters. The van der Waals surface area contributed by atoms with Crippen LogP contribution in [0.2, 0.25) is 0 Å². The van der Waals surface area contributed by atoms with E-state index in [0.717, 1.165) is 22.6 Å². The van der Waals surface area contributed by atoms with Crippen molar-refractivity contribution in [2.75, 3.05) is 7.11 Å². The van der Waals surface area contributed by atoms with Gasteiger partial charge in [0.25, 0.3) is 0 Å². The quantitative estimate of drug-likeness (QED) is 0.856. The number of aromatic nitrogens is 2. The Balaban J connectivity index is 1.91. The third kappa shape index (κ3) is 3.58. The molecule has 0 fully saturated rings. The normalized spacial score (nSPS) is 10.2. The van der Waals surface area contributed by atoms with Crippen LogP contribution in [-0.4, -0.2) is 23.2 Å². The van der Waals surface area contributed by atoms with Gasteiger partial charge in [-0.05, 0) is 30.2 Å². The predicted molar refractivity (Wildman–Crippen MR) is 71.9 cm³/mol. The number of nitrogens with one attached hydrogen (secondary N) is 2. The van der Waals surface area contributed by atoms with Gasteiger partial charge in [0.15, 0.2) is 0 Å². The van der Waals surface area contributed by atoms with Crippen molar-refractivity contribution < 1.29 is 9.53 Å². The van der Waals surface area contributed by atoms with E-state index in [0.29, 0.717) is 13.0 Å². The van der Waals surface area contributed by atoms with Crippen LogP contribution in [0.25, 0.3) is 0 Å². The van der Waals surface area contributed by atoms with E-state index in [1.807, 2.05) is 31.2 Å². The van der Waals surface area contributed by atoms with E-state index in [1.54, 1.807) is 13.3 Å². The Kier molecular flexibility index (Phi) is 4.18. The van der Waals surface area contributed by atoms with Gasteiger partial charge in [0.05, 0.1) is 25.8 Å². The van der Waals surface area contributed by atoms with Crippen molar-refractivity contribution in [2.24, 2.45) is 0 Å². The minimum atomic E-state index is -0.0273. The molecule has 0 aliphatic rings. The minimum absolute atomic E-state index is 0.0273. The molecule has 0 aliphatic carbocycles. The number of carbonyl (C=O) groups excluding carboxylic acids is 1. The fourth-order valence-electron chi connectivity index (χ4n) is 1.80. The predicted octanol–water partition coefficient (Wildman–Crippen LogP) is 1.59. The van der Waals surface area contributed by atoms with Crippen molar-refractivity contribution in [2.45, 2.75) is 19.9 Å². The highest BCUT2D eigenvalue weighted by molar-refractivity contribution is 5.78. The number of hydrogen-bond acceptors (Lipinski definition) is 3. The first kappa shape index (κ1) is 13.1. The van der Waals surface area contributed by atoms with E-state index in [9.17, 15) is 4.79 Å². The van der Waals surface area contributed by atoms with Gasteiger partial charge in [-0.1, -0.05) is 12.1 Å². The number of nitrogens with zero attached hydrogens (tertiary/aromatic N) is 1. The van der Waals surface area contributed by atoms with Crippen LogP contribution in [0, 0.1) is 6.92 Å². The first-order valence-electron chi connectivity index (χ1n) is 6.07. The Morgan fingerprint density at radius 2 is 2.26 bits per heavy atom. The molecule has 0 radical (unpaired) electrons. The molecule has 0 aliphatic heterocycles. The molecule has 5 nitrogen and oxygen atoms in total. The average molecular weight is 259 g/mol. The maximum Gasteiger partial charge on any atom is 0.224 e. The Labute approximate surface area is 112 Å². The van der Waals surface area contributed by atoms with Crippen LogP contribution in [-0.2, 0) is 17.8 Å². The van der Waals surface area contributed by atoms with Crippen molar-refractivity contribution in [3.8, 4) is 5.75 Å². The number of carbonyl (C=O) groups is 1. The van der Waals surface area contributed by atoms with Gasteiger partial charge < -0.3 is 10.1 Å². The number of rotatable bonds is 5. The van der Waals surface area contributed by atoms with Crippen LogP contribution < -0.4 is 10.1 Å². The van der Waals surface area contributed by atoms with Crippen LogP contribution in [0.1, 0.15) is 16.8 Å². The lowest BCUT2D eigenvalue weighted by Gasteiger charge is -2.08. The molecule has 100 valence electrons. The summed E-state index contributed by atoms with van der Waals surface area (Å²) >= 11 is 0. The highest BCUT2D eigenvalue weighted by Gasteiger charge is 2.06. The van der Waals surface area contributed by atoms with Crippen LogP contribution >= 0.6 is 0 Å². The second-order valence-electron chi connectivity index (χ2n) is 4.34. The van der Waals surface area contributed by atoms with Gasteiger partial charge in [-0.15, -0.1) is 0 Å². The number of amides is 1. The molecule has 0 spiro atoms. The molecular formula is C14H17N3O2. The van der Waals surface area contributed by atoms with Gasteiger partial charge >= 0.3 is 0 Å². The summed E-state index contributed by atoms with van der Waals surface area (Å²) in [6.07, 6.45) is 2.00. The van der Waals surface area contributed by atoms with Crippen molar-refractivity contribution in [3.05, 3.63) is 47.3 Å². The average Bonchev–Trinajstić information content (AvgIpc) is 2.92. The molecule has 1 amide bonds. The largest absolute Gasteiger partial charge is 0.496 e. The first-order valence-corrected chi connectivity index (χ1v) is 6.07. The minimum Gasteiger partial charge on any atom is -0.496 e. The van der Waals surface area contributed by atoms with Crippen molar-refractivity contribution in [1.82, 2.24) is 15.5 Å². The second-order valence-corrected chi connectivity index (χ2v) is 4.34. The lowest BCUT2D eigenvalue weighted by atomic mass is 10.1. The van der Waals surface area contributed by atoms with Crippen LogP contribution in [0.5, 0.6) is 5.75 Å². The third-order valence-corrected chi connectivity index (χ3v) is 2.87. The van der Waals surface area contributed by atoms with Gasteiger partial charge in [0, 0.05) is 6.20 Å². The van der Waals surface area contributed by atoms with Gasteiger partial charge in [-0.25, -0.2) is 0 Å². The summed E-state index contributed by atoms with van der Waals surface area (Å²) in [6, 6.07) is 7.62. The van der Waals surface area contributed by atoms with E-state index in [-0.39, 0.29) is 5.91 Å². The Morgan fingerprint density at radius 3 is 2.95 bits per heavy atom. The third-order valence-electron chi connectivity index (χ3n) is 2.87. The molecule has 5 heteroatoms. The number of ether oxygens (including phenoxy) is 1. The van der Waals surface area contributed by atoms with Gasteiger partial charge in [-0.3, -0.25) is 9.89 Å². The molecule has 2 N–H and O–H groups in total. The number of methoxy groups -OCH3 is 1. The fraction of sp³-hybridized carbons (Fsp3) is 0.286. The summed E-state index contributed by atoms with van der Waals surface area (Å²) in [5, 5.41) is 9.46. The molecule has 0 saturated carbocycles. The zero-order valence-electron chi connectivity index (χ0n) is 11.1. The monoisotopic (exact) mass is 259 g/mol.